The van der Waals surface area contributed by atoms with Gasteiger partial charge < -0.3 is 15.2 Å². The average molecular weight is 231 g/mol. The van der Waals surface area contributed by atoms with Crippen LogP contribution in [0.4, 0.5) is 0 Å². The number of aldehydes is 1. The van der Waals surface area contributed by atoms with E-state index in [1.165, 1.54) is 12.1 Å². The van der Waals surface area contributed by atoms with Crippen LogP contribution in [0, 0.1) is 0 Å². The number of rotatable bonds is 3. The highest BCUT2D eigenvalue weighted by Gasteiger charge is 2.11. The molecule has 0 aliphatic heterocycles. The number of carboxylic acid groups (broad SMARTS) is 1. The molecule has 3 N–H and O–H groups in total. The van der Waals surface area contributed by atoms with Gasteiger partial charge in [-0.05, 0) is 24.3 Å². The number of carbonyl (C=O) groups excluding carboxylic acids is 1. The van der Waals surface area contributed by atoms with E-state index in [0.29, 0.717) is 23.2 Å². The molecule has 0 spiro atoms. The summed E-state index contributed by atoms with van der Waals surface area (Å²) < 4.78 is 0. The number of hydrogen-bond acceptors (Lipinski definition) is 3. The molecule has 0 saturated heterocycles. The first-order valence-electron chi connectivity index (χ1n) is 4.82. The SMILES string of the molecule is O=Cc1ccc(-c2ccc(C(=O)O)c(O)c2)[nH]1. The van der Waals surface area contributed by atoms with Gasteiger partial charge in [-0.3, -0.25) is 4.79 Å². The average Bonchev–Trinajstić information content (AvgIpc) is 2.76. The molecule has 0 aliphatic rings. The number of H-pyrrole nitrogens is 1. The minimum Gasteiger partial charge on any atom is -0.507 e. The van der Waals surface area contributed by atoms with Crippen LogP contribution in [0.5, 0.6) is 5.75 Å². The normalized spacial score (nSPS) is 10.1. The fourth-order valence-corrected chi connectivity index (χ4v) is 1.53. The van der Waals surface area contributed by atoms with E-state index in [4.69, 9.17) is 5.11 Å². The first-order chi connectivity index (χ1) is 8.11. The number of benzene rings is 1. The van der Waals surface area contributed by atoms with Crippen LogP contribution in [0.25, 0.3) is 11.3 Å². The monoisotopic (exact) mass is 231 g/mol. The molecule has 0 amide bonds. The number of nitrogens with one attached hydrogen (secondary N) is 1. The Morgan fingerprint density at radius 2 is 2.00 bits per heavy atom. The van der Waals surface area contributed by atoms with Crippen LogP contribution < -0.4 is 0 Å². The quantitative estimate of drug-likeness (QED) is 0.703. The van der Waals surface area contributed by atoms with E-state index in [1.54, 1.807) is 18.2 Å². The summed E-state index contributed by atoms with van der Waals surface area (Å²) in [4.78, 5) is 24.0. The van der Waals surface area contributed by atoms with Gasteiger partial charge in [0.1, 0.15) is 11.3 Å². The largest absolute Gasteiger partial charge is 0.507 e. The van der Waals surface area contributed by atoms with Gasteiger partial charge in [-0.15, -0.1) is 0 Å². The minimum atomic E-state index is -1.19. The van der Waals surface area contributed by atoms with Crippen molar-refractivity contribution in [2.75, 3.05) is 0 Å². The number of aromatic carboxylic acids is 1. The number of hydrogen-bond donors (Lipinski definition) is 3. The predicted octanol–water partition coefficient (Wildman–Crippen LogP) is 1.90. The van der Waals surface area contributed by atoms with Gasteiger partial charge in [0.15, 0.2) is 6.29 Å². The summed E-state index contributed by atoms with van der Waals surface area (Å²) in [6, 6.07) is 7.49. The Morgan fingerprint density at radius 1 is 1.24 bits per heavy atom. The van der Waals surface area contributed by atoms with Crippen molar-refractivity contribution in [1.29, 1.82) is 0 Å². The Bertz CT molecular complexity index is 586. The molecule has 2 aromatic rings. The van der Waals surface area contributed by atoms with Crippen molar-refractivity contribution >= 4 is 12.3 Å². The van der Waals surface area contributed by atoms with Gasteiger partial charge >= 0.3 is 5.97 Å². The van der Waals surface area contributed by atoms with Crippen molar-refractivity contribution in [2.24, 2.45) is 0 Å². The Kier molecular flexibility index (Phi) is 2.66. The smallest absolute Gasteiger partial charge is 0.339 e. The number of carboxylic acids is 1. The third-order valence-electron chi connectivity index (χ3n) is 2.37. The van der Waals surface area contributed by atoms with Crippen molar-refractivity contribution in [2.45, 2.75) is 0 Å². The first-order valence-corrected chi connectivity index (χ1v) is 4.82. The maximum Gasteiger partial charge on any atom is 0.339 e. The number of aromatic amines is 1. The molecule has 0 bridgehead atoms. The van der Waals surface area contributed by atoms with Crippen LogP contribution in [-0.2, 0) is 0 Å². The van der Waals surface area contributed by atoms with Crippen LogP contribution in [0.3, 0.4) is 0 Å². The predicted molar refractivity (Wildman–Crippen MR) is 60.2 cm³/mol. The van der Waals surface area contributed by atoms with E-state index in [-0.39, 0.29) is 11.3 Å². The van der Waals surface area contributed by atoms with E-state index in [2.05, 4.69) is 4.98 Å². The van der Waals surface area contributed by atoms with Crippen molar-refractivity contribution in [3.8, 4) is 17.0 Å². The topological polar surface area (TPSA) is 90.4 Å². The summed E-state index contributed by atoms with van der Waals surface area (Å²) in [6.07, 6.45) is 0.676. The number of carbonyl (C=O) groups is 2. The first kappa shape index (κ1) is 10.9. The lowest BCUT2D eigenvalue weighted by Crippen LogP contribution is -1.96. The highest BCUT2D eigenvalue weighted by atomic mass is 16.4. The molecule has 0 atom stereocenters. The molecule has 1 heterocycles. The van der Waals surface area contributed by atoms with Crippen molar-refractivity contribution in [3.63, 3.8) is 0 Å². The lowest BCUT2D eigenvalue weighted by atomic mass is 10.1. The fourth-order valence-electron chi connectivity index (χ4n) is 1.53. The Hall–Kier alpha value is -2.56. The maximum atomic E-state index is 10.7. The molecule has 0 unspecified atom stereocenters. The van der Waals surface area contributed by atoms with Gasteiger partial charge in [-0.25, -0.2) is 4.79 Å². The molecule has 5 heteroatoms. The van der Waals surface area contributed by atoms with E-state index in [1.807, 2.05) is 0 Å². The van der Waals surface area contributed by atoms with E-state index in [9.17, 15) is 14.7 Å². The summed E-state index contributed by atoms with van der Waals surface area (Å²) >= 11 is 0. The number of aromatic nitrogens is 1. The van der Waals surface area contributed by atoms with Gasteiger partial charge in [0.2, 0.25) is 0 Å². The Morgan fingerprint density at radius 3 is 2.53 bits per heavy atom. The summed E-state index contributed by atoms with van der Waals surface area (Å²) in [7, 11) is 0. The molecule has 1 aromatic heterocycles. The Labute approximate surface area is 96.3 Å². The molecule has 5 nitrogen and oxygen atoms in total. The maximum absolute atomic E-state index is 10.7. The van der Waals surface area contributed by atoms with Crippen molar-refractivity contribution in [1.82, 2.24) is 4.98 Å². The highest BCUT2D eigenvalue weighted by Crippen LogP contribution is 2.25. The van der Waals surface area contributed by atoms with Crippen LogP contribution >= 0.6 is 0 Å². The second-order valence-corrected chi connectivity index (χ2v) is 3.48. The van der Waals surface area contributed by atoms with Crippen molar-refractivity contribution < 1.29 is 19.8 Å². The molecule has 1 aromatic carbocycles. The zero-order valence-electron chi connectivity index (χ0n) is 8.68. The summed E-state index contributed by atoms with van der Waals surface area (Å²) in [6.45, 7) is 0. The third-order valence-corrected chi connectivity index (χ3v) is 2.37. The van der Waals surface area contributed by atoms with E-state index in [0.717, 1.165) is 0 Å². The summed E-state index contributed by atoms with van der Waals surface area (Å²) in [5, 5.41) is 18.3. The standard InChI is InChI=1S/C12H9NO4/c14-6-8-2-4-10(13-8)7-1-3-9(12(16)17)11(15)5-7/h1-6,13,15H,(H,16,17). The van der Waals surface area contributed by atoms with Crippen LogP contribution in [0.1, 0.15) is 20.8 Å². The molecule has 0 fully saturated rings. The van der Waals surface area contributed by atoms with Gasteiger partial charge in [-0.2, -0.15) is 0 Å². The van der Waals surface area contributed by atoms with Crippen LogP contribution in [-0.4, -0.2) is 27.5 Å². The zero-order valence-corrected chi connectivity index (χ0v) is 8.68. The summed E-state index contributed by atoms with van der Waals surface area (Å²) in [5.74, 6) is -1.49. The van der Waals surface area contributed by atoms with Crippen molar-refractivity contribution in [3.05, 3.63) is 41.6 Å². The molecule has 17 heavy (non-hydrogen) atoms. The van der Waals surface area contributed by atoms with Gasteiger partial charge in [-0.1, -0.05) is 6.07 Å². The second-order valence-electron chi connectivity index (χ2n) is 3.48. The molecular weight excluding hydrogens is 222 g/mol. The molecule has 0 saturated carbocycles. The lowest BCUT2D eigenvalue weighted by molar-refractivity contribution is 0.0693. The number of phenols is 1. The lowest BCUT2D eigenvalue weighted by Gasteiger charge is -2.02. The molecular formula is C12H9NO4. The Balaban J connectivity index is 2.43. The minimum absolute atomic E-state index is 0.157. The van der Waals surface area contributed by atoms with E-state index < -0.39 is 5.97 Å². The number of aromatic hydroxyl groups is 1. The highest BCUT2D eigenvalue weighted by molar-refractivity contribution is 5.91. The molecule has 86 valence electrons. The van der Waals surface area contributed by atoms with Gasteiger partial charge in [0.25, 0.3) is 0 Å². The summed E-state index contributed by atoms with van der Waals surface area (Å²) in [5.41, 5.74) is 1.51. The van der Waals surface area contributed by atoms with Crippen LogP contribution in [0.2, 0.25) is 0 Å². The molecule has 2 rings (SSSR count). The second kappa shape index (κ2) is 4.13. The van der Waals surface area contributed by atoms with Gasteiger partial charge in [0, 0.05) is 11.3 Å². The molecule has 0 aliphatic carbocycles. The third kappa shape index (κ3) is 2.03. The molecule has 0 radical (unpaired) electrons. The van der Waals surface area contributed by atoms with Crippen LogP contribution in [0.15, 0.2) is 30.3 Å². The van der Waals surface area contributed by atoms with E-state index >= 15 is 0 Å². The van der Waals surface area contributed by atoms with Gasteiger partial charge in [0.05, 0.1) is 5.69 Å². The zero-order chi connectivity index (χ0) is 12.4. The fraction of sp³-hybridized carbons (Fsp3) is 0.